The van der Waals surface area contributed by atoms with Crippen LogP contribution in [-0.2, 0) is 12.0 Å². The van der Waals surface area contributed by atoms with Gasteiger partial charge in [-0.25, -0.2) is 9.67 Å². The summed E-state index contributed by atoms with van der Waals surface area (Å²) in [5, 5.41) is 11.6. The first kappa shape index (κ1) is 17.5. The number of aromatic nitrogens is 3. The van der Waals surface area contributed by atoms with E-state index in [4.69, 9.17) is 0 Å². The van der Waals surface area contributed by atoms with Crippen molar-refractivity contribution < 1.29 is 0 Å². The van der Waals surface area contributed by atoms with Gasteiger partial charge in [0.2, 0.25) is 0 Å². The fraction of sp³-hybridized carbons (Fsp3) is 0.526. The molecule has 0 radical (unpaired) electrons. The van der Waals surface area contributed by atoms with Crippen LogP contribution in [0, 0.1) is 6.92 Å². The molecule has 2 aliphatic rings. The first-order valence-electron chi connectivity index (χ1n) is 9.25. The summed E-state index contributed by atoms with van der Waals surface area (Å²) in [7, 11) is 1.83. The molecule has 0 saturated heterocycles. The Morgan fingerprint density at radius 2 is 2.19 bits per heavy atom. The van der Waals surface area contributed by atoms with E-state index in [1.165, 1.54) is 22.9 Å². The molecule has 0 spiro atoms. The zero-order chi connectivity index (χ0) is 18.1. The molecule has 1 aromatic carbocycles. The number of hydrogen-bond donors (Lipinski definition) is 2. The molecule has 1 atom stereocenters. The Bertz CT molecular complexity index is 823. The maximum absolute atomic E-state index is 4.60. The van der Waals surface area contributed by atoms with Gasteiger partial charge >= 0.3 is 0 Å². The standard InChI is InChI=1S/C19H25BrN6/c1-13-23-17-16(8-5-11-26(17)25-13)24-18(21-2)22-12-19(9-10-19)14-6-3-4-7-15(14)20/h3-4,6-7,16H,5,8-12H2,1-2H3,(H2,21,22,24). The monoisotopic (exact) mass is 416 g/mol. The molecule has 2 N–H and O–H groups in total. The van der Waals surface area contributed by atoms with Crippen LogP contribution in [0.15, 0.2) is 33.7 Å². The molecule has 1 aromatic heterocycles. The van der Waals surface area contributed by atoms with Gasteiger partial charge in [-0.15, -0.1) is 0 Å². The van der Waals surface area contributed by atoms with Crippen LogP contribution in [0.5, 0.6) is 0 Å². The lowest BCUT2D eigenvalue weighted by molar-refractivity contribution is 0.397. The van der Waals surface area contributed by atoms with Crippen LogP contribution in [0.4, 0.5) is 0 Å². The number of guanidine groups is 1. The van der Waals surface area contributed by atoms with E-state index in [0.29, 0.717) is 0 Å². The number of nitrogens with one attached hydrogen (secondary N) is 2. The molecular weight excluding hydrogens is 392 g/mol. The van der Waals surface area contributed by atoms with Gasteiger partial charge in [-0.3, -0.25) is 4.99 Å². The molecular formula is C19H25BrN6. The zero-order valence-corrected chi connectivity index (χ0v) is 16.9. The lowest BCUT2D eigenvalue weighted by atomic mass is 9.96. The lowest BCUT2D eigenvalue weighted by Crippen LogP contribution is -2.44. The van der Waals surface area contributed by atoms with Gasteiger partial charge in [0.25, 0.3) is 0 Å². The average molecular weight is 417 g/mol. The lowest BCUT2D eigenvalue weighted by Gasteiger charge is -2.26. The molecule has 1 aliphatic heterocycles. The van der Waals surface area contributed by atoms with E-state index >= 15 is 0 Å². The molecule has 138 valence electrons. The van der Waals surface area contributed by atoms with E-state index in [-0.39, 0.29) is 11.5 Å². The Labute approximate surface area is 162 Å². The van der Waals surface area contributed by atoms with E-state index in [0.717, 1.165) is 43.5 Å². The van der Waals surface area contributed by atoms with Gasteiger partial charge in [-0.05, 0) is 44.2 Å². The fourth-order valence-electron chi connectivity index (χ4n) is 3.80. The summed E-state index contributed by atoms with van der Waals surface area (Å²) >= 11 is 3.70. The number of aryl methyl sites for hydroxylation is 2. The summed E-state index contributed by atoms with van der Waals surface area (Å²) in [6, 6.07) is 8.69. The summed E-state index contributed by atoms with van der Waals surface area (Å²) in [5.74, 6) is 2.69. The summed E-state index contributed by atoms with van der Waals surface area (Å²) < 4.78 is 3.21. The number of fused-ring (bicyclic) bond motifs is 1. The number of halogens is 1. The van der Waals surface area contributed by atoms with Crippen LogP contribution < -0.4 is 10.6 Å². The molecule has 0 amide bonds. The number of nitrogens with zero attached hydrogens (tertiary/aromatic N) is 4. The van der Waals surface area contributed by atoms with Gasteiger partial charge in [-0.1, -0.05) is 34.1 Å². The van der Waals surface area contributed by atoms with Crippen molar-refractivity contribution in [2.45, 2.75) is 50.6 Å². The third-order valence-corrected chi connectivity index (χ3v) is 6.10. The molecule has 2 aromatic rings. The van der Waals surface area contributed by atoms with Crippen LogP contribution in [0.3, 0.4) is 0 Å². The van der Waals surface area contributed by atoms with Crippen LogP contribution in [0.2, 0.25) is 0 Å². The quantitative estimate of drug-likeness (QED) is 0.593. The Hall–Kier alpha value is -1.89. The first-order chi connectivity index (χ1) is 12.6. The minimum absolute atomic E-state index is 0.162. The number of benzene rings is 1. The smallest absolute Gasteiger partial charge is 0.191 e. The van der Waals surface area contributed by atoms with Crippen LogP contribution in [0.25, 0.3) is 0 Å². The van der Waals surface area contributed by atoms with Crippen molar-refractivity contribution in [2.24, 2.45) is 4.99 Å². The molecule has 1 aliphatic carbocycles. The van der Waals surface area contributed by atoms with Crippen LogP contribution in [-0.4, -0.2) is 34.3 Å². The van der Waals surface area contributed by atoms with Crippen molar-refractivity contribution in [1.82, 2.24) is 25.4 Å². The maximum atomic E-state index is 4.60. The molecule has 0 bridgehead atoms. The molecule has 1 fully saturated rings. The van der Waals surface area contributed by atoms with Crippen molar-refractivity contribution in [2.75, 3.05) is 13.6 Å². The molecule has 1 saturated carbocycles. The van der Waals surface area contributed by atoms with E-state index in [1.54, 1.807) is 0 Å². The molecule has 6 nitrogen and oxygen atoms in total. The highest BCUT2D eigenvalue weighted by atomic mass is 79.9. The van der Waals surface area contributed by atoms with Crippen molar-refractivity contribution in [3.63, 3.8) is 0 Å². The minimum Gasteiger partial charge on any atom is -0.356 e. The highest BCUT2D eigenvalue weighted by molar-refractivity contribution is 9.10. The van der Waals surface area contributed by atoms with Gasteiger partial charge in [0.15, 0.2) is 5.96 Å². The highest BCUT2D eigenvalue weighted by Gasteiger charge is 2.45. The molecule has 4 rings (SSSR count). The molecule has 2 heterocycles. The van der Waals surface area contributed by atoms with Crippen LogP contribution >= 0.6 is 15.9 Å². The van der Waals surface area contributed by atoms with Crippen molar-refractivity contribution in [1.29, 1.82) is 0 Å². The van der Waals surface area contributed by atoms with Crippen molar-refractivity contribution in [3.8, 4) is 0 Å². The Morgan fingerprint density at radius 3 is 2.92 bits per heavy atom. The topological polar surface area (TPSA) is 67.1 Å². The predicted molar refractivity (Wildman–Crippen MR) is 106 cm³/mol. The second kappa shape index (κ2) is 7.02. The second-order valence-electron chi connectivity index (χ2n) is 7.27. The maximum Gasteiger partial charge on any atom is 0.191 e. The highest BCUT2D eigenvalue weighted by Crippen LogP contribution is 2.49. The Balaban J connectivity index is 1.43. The number of rotatable bonds is 4. The third-order valence-electron chi connectivity index (χ3n) is 5.41. The number of aliphatic imine (C=N–C) groups is 1. The van der Waals surface area contributed by atoms with E-state index in [1.807, 2.05) is 18.7 Å². The van der Waals surface area contributed by atoms with Gasteiger partial charge in [0.1, 0.15) is 11.6 Å². The zero-order valence-electron chi connectivity index (χ0n) is 15.3. The SMILES string of the molecule is CN=C(NCC1(c2ccccc2Br)CC1)NC1CCCn2nc(C)nc21. The molecule has 1 unspecified atom stereocenters. The normalized spacial score (nSPS) is 21.2. The van der Waals surface area contributed by atoms with Gasteiger partial charge in [0, 0.05) is 30.0 Å². The summed E-state index contributed by atoms with van der Waals surface area (Å²) in [6.07, 6.45) is 4.56. The summed E-state index contributed by atoms with van der Waals surface area (Å²) in [4.78, 5) is 9.03. The second-order valence-corrected chi connectivity index (χ2v) is 8.12. The third kappa shape index (κ3) is 3.37. The van der Waals surface area contributed by atoms with Crippen molar-refractivity contribution in [3.05, 3.63) is 46.0 Å². The molecule has 26 heavy (non-hydrogen) atoms. The Kier molecular flexibility index (Phi) is 4.73. The van der Waals surface area contributed by atoms with Crippen molar-refractivity contribution >= 4 is 21.9 Å². The van der Waals surface area contributed by atoms with Gasteiger partial charge in [-0.2, -0.15) is 5.10 Å². The van der Waals surface area contributed by atoms with E-state index < -0.39 is 0 Å². The first-order valence-corrected chi connectivity index (χ1v) is 10.0. The largest absolute Gasteiger partial charge is 0.356 e. The molecule has 7 heteroatoms. The summed E-state index contributed by atoms with van der Waals surface area (Å²) in [6.45, 7) is 3.78. The fourth-order valence-corrected chi connectivity index (χ4v) is 4.51. The van der Waals surface area contributed by atoms with Gasteiger partial charge < -0.3 is 10.6 Å². The van der Waals surface area contributed by atoms with E-state index in [2.05, 4.69) is 65.9 Å². The summed E-state index contributed by atoms with van der Waals surface area (Å²) in [5.41, 5.74) is 1.59. The average Bonchev–Trinajstić information content (AvgIpc) is 3.32. The predicted octanol–water partition coefficient (Wildman–Crippen LogP) is 3.08. The van der Waals surface area contributed by atoms with Gasteiger partial charge in [0.05, 0.1) is 6.04 Å². The Morgan fingerprint density at radius 1 is 1.38 bits per heavy atom. The minimum atomic E-state index is 0.162. The number of hydrogen-bond acceptors (Lipinski definition) is 3. The van der Waals surface area contributed by atoms with E-state index in [9.17, 15) is 0 Å². The van der Waals surface area contributed by atoms with Crippen LogP contribution in [0.1, 0.15) is 48.9 Å².